The molecule has 0 spiro atoms. The molecule has 0 unspecified atom stereocenters. The molecule has 0 aliphatic rings. The summed E-state index contributed by atoms with van der Waals surface area (Å²) in [4.78, 5) is 4.89. The average Bonchev–Trinajstić information content (AvgIpc) is 3.72. The lowest BCUT2D eigenvalue weighted by atomic mass is 9.95. The Kier molecular flexibility index (Phi) is 6.94. The minimum absolute atomic E-state index is 0.956. The molecule has 0 aliphatic heterocycles. The average molecular weight is 666 g/mol. The van der Waals surface area contributed by atoms with Gasteiger partial charge in [0.15, 0.2) is 0 Å². The summed E-state index contributed by atoms with van der Waals surface area (Å²) in [6.07, 6.45) is 1.94. The maximum atomic E-state index is 4.89. The van der Waals surface area contributed by atoms with Crippen LogP contribution in [0.15, 0.2) is 176 Å². The fourth-order valence-corrected chi connectivity index (χ4v) is 8.12. The van der Waals surface area contributed by atoms with E-state index in [0.717, 1.165) is 28.2 Å². The monoisotopic (exact) mass is 665 g/mol. The Bertz CT molecular complexity index is 2680. The molecule has 0 fully saturated rings. The molecule has 0 radical (unpaired) electrons. The molecule has 7 aromatic carbocycles. The Hall–Kier alpha value is -6.71. The molecule has 0 aliphatic carbocycles. The Morgan fingerprint density at radius 2 is 0.788 bits per heavy atom. The number of rotatable bonds is 5. The smallest absolute Gasteiger partial charge is 0.0708 e. The lowest BCUT2D eigenvalue weighted by Crippen LogP contribution is -1.96. The summed E-state index contributed by atoms with van der Waals surface area (Å²) in [6.45, 7) is 4.39. The van der Waals surface area contributed by atoms with Crippen LogP contribution in [0.25, 0.3) is 88.5 Å². The number of pyridine rings is 1. The van der Waals surface area contributed by atoms with Gasteiger partial charge in [-0.25, -0.2) is 0 Å². The predicted octanol–water partition coefficient (Wildman–Crippen LogP) is 12.9. The Morgan fingerprint density at radius 3 is 1.27 bits per heavy atom. The molecule has 3 aromatic heterocycles. The zero-order valence-corrected chi connectivity index (χ0v) is 29.1. The number of benzene rings is 7. The van der Waals surface area contributed by atoms with Gasteiger partial charge in [0.2, 0.25) is 0 Å². The number of aryl methyl sites for hydroxylation is 2. The van der Waals surface area contributed by atoms with Crippen LogP contribution in [0.5, 0.6) is 0 Å². The molecule has 0 saturated carbocycles. The summed E-state index contributed by atoms with van der Waals surface area (Å²) in [5.74, 6) is 0. The van der Waals surface area contributed by atoms with E-state index in [4.69, 9.17) is 4.98 Å². The summed E-state index contributed by atoms with van der Waals surface area (Å²) in [5.41, 5.74) is 16.4. The SMILES string of the molecule is Cc1ccc(-n2c3ccccc3c3ccccc32)cc1-c1cccc(-c2cc(-c3cc(-n4c5ccccc5c5ccccc54)ccc3C)ccn2)c1. The number of hydrogen-bond acceptors (Lipinski definition) is 1. The van der Waals surface area contributed by atoms with Crippen molar-refractivity contribution >= 4 is 43.6 Å². The minimum Gasteiger partial charge on any atom is -0.309 e. The van der Waals surface area contributed by atoms with Gasteiger partial charge in [0.25, 0.3) is 0 Å². The molecule has 0 N–H and O–H groups in total. The number of hydrogen-bond donors (Lipinski definition) is 0. The van der Waals surface area contributed by atoms with E-state index in [1.165, 1.54) is 71.4 Å². The highest BCUT2D eigenvalue weighted by Crippen LogP contribution is 2.37. The number of nitrogens with zero attached hydrogens (tertiary/aromatic N) is 3. The first kappa shape index (κ1) is 30.1. The van der Waals surface area contributed by atoms with Crippen LogP contribution in [0, 0.1) is 13.8 Å². The second kappa shape index (κ2) is 12.0. The van der Waals surface area contributed by atoms with Crippen molar-refractivity contribution in [1.29, 1.82) is 0 Å². The van der Waals surface area contributed by atoms with Gasteiger partial charge in [-0.05, 0) is 114 Å². The predicted molar refractivity (Wildman–Crippen MR) is 219 cm³/mol. The lowest BCUT2D eigenvalue weighted by Gasteiger charge is -2.14. The van der Waals surface area contributed by atoms with Crippen LogP contribution in [-0.2, 0) is 0 Å². The Balaban J connectivity index is 1.05. The molecule has 10 aromatic rings. The van der Waals surface area contributed by atoms with E-state index in [2.05, 4.69) is 193 Å². The highest BCUT2D eigenvalue weighted by atomic mass is 15.0. The van der Waals surface area contributed by atoms with Crippen molar-refractivity contribution in [3.8, 4) is 44.9 Å². The van der Waals surface area contributed by atoms with E-state index in [0.29, 0.717) is 0 Å². The van der Waals surface area contributed by atoms with Crippen molar-refractivity contribution in [2.75, 3.05) is 0 Å². The van der Waals surface area contributed by atoms with E-state index in [1.54, 1.807) is 0 Å². The van der Waals surface area contributed by atoms with E-state index in [9.17, 15) is 0 Å². The van der Waals surface area contributed by atoms with Crippen LogP contribution in [0.1, 0.15) is 11.1 Å². The van der Waals surface area contributed by atoms with Crippen LogP contribution in [-0.4, -0.2) is 14.1 Å². The van der Waals surface area contributed by atoms with Gasteiger partial charge in [-0.15, -0.1) is 0 Å². The quantitative estimate of drug-likeness (QED) is 0.179. The standard InChI is InChI=1S/C49H35N3/c1-32-22-24-37(51-46-18-7-3-14-39(46)40-15-4-8-19-47(40)51)30-43(32)34-12-11-13-36(28-34)45-29-35(26-27-50-45)44-31-38(25-23-33(44)2)52-48-20-9-5-16-41(48)42-17-6-10-21-49(42)52/h3-31H,1-2H3. The second-order valence-corrected chi connectivity index (χ2v) is 13.7. The van der Waals surface area contributed by atoms with Crippen molar-refractivity contribution in [3.63, 3.8) is 0 Å². The molecule has 3 heterocycles. The zero-order chi connectivity index (χ0) is 34.8. The summed E-state index contributed by atoms with van der Waals surface area (Å²) in [7, 11) is 0. The van der Waals surface area contributed by atoms with Gasteiger partial charge in [0, 0.05) is 44.7 Å². The van der Waals surface area contributed by atoms with Gasteiger partial charge in [0.05, 0.1) is 27.8 Å². The van der Waals surface area contributed by atoms with Crippen LogP contribution >= 0.6 is 0 Å². The van der Waals surface area contributed by atoms with E-state index in [1.807, 2.05) is 6.20 Å². The molecule has 52 heavy (non-hydrogen) atoms. The van der Waals surface area contributed by atoms with Crippen LogP contribution < -0.4 is 0 Å². The molecular formula is C49H35N3. The largest absolute Gasteiger partial charge is 0.309 e. The highest BCUT2D eigenvalue weighted by Gasteiger charge is 2.16. The van der Waals surface area contributed by atoms with Gasteiger partial charge >= 0.3 is 0 Å². The van der Waals surface area contributed by atoms with Crippen molar-refractivity contribution in [3.05, 3.63) is 187 Å². The minimum atomic E-state index is 0.956. The molecule has 246 valence electrons. The van der Waals surface area contributed by atoms with E-state index in [-0.39, 0.29) is 0 Å². The third kappa shape index (κ3) is 4.78. The number of para-hydroxylation sites is 4. The third-order valence-electron chi connectivity index (χ3n) is 10.7. The van der Waals surface area contributed by atoms with Crippen molar-refractivity contribution in [2.24, 2.45) is 0 Å². The van der Waals surface area contributed by atoms with Crippen LogP contribution in [0.4, 0.5) is 0 Å². The van der Waals surface area contributed by atoms with Crippen molar-refractivity contribution < 1.29 is 0 Å². The summed E-state index contributed by atoms with van der Waals surface area (Å²) < 4.78 is 4.77. The Labute approximate surface area is 302 Å². The normalized spacial score (nSPS) is 11.7. The first-order chi connectivity index (χ1) is 25.6. The second-order valence-electron chi connectivity index (χ2n) is 13.7. The molecular weight excluding hydrogens is 631 g/mol. The first-order valence-corrected chi connectivity index (χ1v) is 17.9. The number of aromatic nitrogens is 3. The van der Waals surface area contributed by atoms with Crippen LogP contribution in [0.3, 0.4) is 0 Å². The van der Waals surface area contributed by atoms with E-state index >= 15 is 0 Å². The van der Waals surface area contributed by atoms with Crippen molar-refractivity contribution in [1.82, 2.24) is 14.1 Å². The maximum absolute atomic E-state index is 4.89. The van der Waals surface area contributed by atoms with Gasteiger partial charge in [-0.1, -0.05) is 103 Å². The fourth-order valence-electron chi connectivity index (χ4n) is 8.12. The molecule has 0 amide bonds. The first-order valence-electron chi connectivity index (χ1n) is 17.9. The third-order valence-corrected chi connectivity index (χ3v) is 10.7. The molecule has 3 heteroatoms. The highest BCUT2D eigenvalue weighted by molar-refractivity contribution is 6.10. The zero-order valence-electron chi connectivity index (χ0n) is 29.1. The molecule has 3 nitrogen and oxygen atoms in total. The topological polar surface area (TPSA) is 22.8 Å². The summed E-state index contributed by atoms with van der Waals surface area (Å²) in [6, 6.07) is 61.5. The van der Waals surface area contributed by atoms with Gasteiger partial charge < -0.3 is 9.13 Å². The van der Waals surface area contributed by atoms with Gasteiger partial charge in [0.1, 0.15) is 0 Å². The number of fused-ring (bicyclic) bond motifs is 6. The van der Waals surface area contributed by atoms with Crippen LogP contribution in [0.2, 0.25) is 0 Å². The van der Waals surface area contributed by atoms with Crippen molar-refractivity contribution in [2.45, 2.75) is 13.8 Å². The fraction of sp³-hybridized carbons (Fsp3) is 0.0408. The molecule has 10 rings (SSSR count). The van der Waals surface area contributed by atoms with E-state index < -0.39 is 0 Å². The molecule has 0 bridgehead atoms. The van der Waals surface area contributed by atoms with Gasteiger partial charge in [-0.2, -0.15) is 0 Å². The maximum Gasteiger partial charge on any atom is 0.0708 e. The molecule has 0 atom stereocenters. The van der Waals surface area contributed by atoms with Gasteiger partial charge in [-0.3, -0.25) is 4.98 Å². The summed E-state index contributed by atoms with van der Waals surface area (Å²) >= 11 is 0. The molecule has 0 saturated heterocycles. The lowest BCUT2D eigenvalue weighted by molar-refractivity contribution is 1.17. The summed E-state index contributed by atoms with van der Waals surface area (Å²) in [5, 5.41) is 5.07. The Morgan fingerprint density at radius 1 is 0.365 bits per heavy atom.